The van der Waals surface area contributed by atoms with Crippen molar-refractivity contribution in [2.24, 2.45) is 0 Å². The van der Waals surface area contributed by atoms with Gasteiger partial charge in [0.25, 0.3) is 0 Å². The second-order valence-electron chi connectivity index (χ2n) is 5.24. The van der Waals surface area contributed by atoms with Crippen molar-refractivity contribution in [2.45, 2.75) is 18.2 Å². The van der Waals surface area contributed by atoms with E-state index in [2.05, 4.69) is 54.9 Å². The lowest BCUT2D eigenvalue weighted by Gasteiger charge is -2.13. The minimum Gasteiger partial charge on any atom is -0.366 e. The summed E-state index contributed by atoms with van der Waals surface area (Å²) >= 11 is 5.34. The lowest BCUT2D eigenvalue weighted by atomic mass is 10.2. The number of rotatable bonds is 4. The number of anilines is 1. The van der Waals surface area contributed by atoms with E-state index in [-0.39, 0.29) is 0 Å². The van der Waals surface area contributed by atoms with Crippen molar-refractivity contribution in [3.8, 4) is 0 Å². The van der Waals surface area contributed by atoms with Crippen molar-refractivity contribution in [1.82, 2.24) is 19.6 Å². The second kappa shape index (κ2) is 6.33. The van der Waals surface area contributed by atoms with Crippen LogP contribution in [-0.2, 0) is 6.54 Å². The fraction of sp³-hybridized carbons (Fsp3) is 0.188. The molecule has 4 rings (SSSR count). The SMILES string of the molecule is Brc1cnn2c(NCc3cccnc3)cc(C3CC=CS3)nc12. The van der Waals surface area contributed by atoms with Gasteiger partial charge in [0.2, 0.25) is 0 Å². The molecule has 3 aromatic rings. The van der Waals surface area contributed by atoms with Crippen LogP contribution in [0.1, 0.15) is 22.9 Å². The molecule has 1 atom stereocenters. The third kappa shape index (κ3) is 2.98. The van der Waals surface area contributed by atoms with Gasteiger partial charge in [0.05, 0.1) is 21.6 Å². The Labute approximate surface area is 146 Å². The number of hydrogen-bond donors (Lipinski definition) is 1. The highest BCUT2D eigenvalue weighted by Crippen LogP contribution is 2.38. The van der Waals surface area contributed by atoms with Gasteiger partial charge < -0.3 is 5.32 Å². The average Bonchev–Trinajstić information content (AvgIpc) is 3.24. The molecule has 23 heavy (non-hydrogen) atoms. The van der Waals surface area contributed by atoms with Crippen molar-refractivity contribution in [3.05, 3.63) is 64.0 Å². The maximum absolute atomic E-state index is 4.77. The first kappa shape index (κ1) is 14.7. The van der Waals surface area contributed by atoms with E-state index in [1.807, 2.05) is 28.5 Å². The van der Waals surface area contributed by atoms with E-state index in [9.17, 15) is 0 Å². The summed E-state index contributed by atoms with van der Waals surface area (Å²) in [6, 6.07) is 6.08. The van der Waals surface area contributed by atoms with Gasteiger partial charge in [-0.15, -0.1) is 11.8 Å². The molecule has 0 amide bonds. The van der Waals surface area contributed by atoms with Crippen molar-refractivity contribution in [3.63, 3.8) is 0 Å². The normalized spacial score (nSPS) is 17.0. The van der Waals surface area contributed by atoms with Gasteiger partial charge in [-0.25, -0.2) is 4.98 Å². The average molecular weight is 388 g/mol. The van der Waals surface area contributed by atoms with E-state index in [4.69, 9.17) is 4.98 Å². The largest absolute Gasteiger partial charge is 0.366 e. The Morgan fingerprint density at radius 3 is 3.13 bits per heavy atom. The zero-order chi connectivity index (χ0) is 15.6. The molecule has 0 spiro atoms. The van der Waals surface area contributed by atoms with Crippen LogP contribution >= 0.6 is 27.7 Å². The number of halogens is 1. The number of hydrogen-bond acceptors (Lipinski definition) is 5. The maximum atomic E-state index is 4.77. The molecule has 0 saturated heterocycles. The number of allylic oxidation sites excluding steroid dienone is 1. The number of nitrogens with zero attached hydrogens (tertiary/aromatic N) is 4. The summed E-state index contributed by atoms with van der Waals surface area (Å²) in [5.74, 6) is 0.937. The Bertz CT molecular complexity index is 854. The molecule has 1 aliphatic rings. The summed E-state index contributed by atoms with van der Waals surface area (Å²) in [4.78, 5) is 8.92. The van der Waals surface area contributed by atoms with Crippen LogP contribution in [0, 0.1) is 0 Å². The molecule has 4 heterocycles. The third-order valence-corrected chi connectivity index (χ3v) is 5.34. The number of pyridine rings is 1. The second-order valence-corrected chi connectivity index (χ2v) is 7.21. The Hall–Kier alpha value is -1.86. The Balaban J connectivity index is 1.69. The fourth-order valence-electron chi connectivity index (χ4n) is 2.52. The highest BCUT2D eigenvalue weighted by Gasteiger charge is 2.19. The molecule has 5 nitrogen and oxygen atoms in total. The van der Waals surface area contributed by atoms with E-state index in [0.29, 0.717) is 11.8 Å². The van der Waals surface area contributed by atoms with Gasteiger partial charge in [-0.05, 0) is 39.4 Å². The minimum atomic E-state index is 0.376. The molecule has 0 saturated carbocycles. The molecule has 1 aliphatic heterocycles. The van der Waals surface area contributed by atoms with Gasteiger partial charge in [-0.2, -0.15) is 9.61 Å². The Morgan fingerprint density at radius 1 is 1.39 bits per heavy atom. The number of nitrogens with one attached hydrogen (secondary N) is 1. The van der Waals surface area contributed by atoms with E-state index < -0.39 is 0 Å². The molecule has 7 heteroatoms. The monoisotopic (exact) mass is 387 g/mol. The first-order valence-electron chi connectivity index (χ1n) is 7.29. The summed E-state index contributed by atoms with van der Waals surface area (Å²) in [6.07, 6.45) is 8.63. The highest BCUT2D eigenvalue weighted by atomic mass is 79.9. The predicted molar refractivity (Wildman–Crippen MR) is 96.3 cm³/mol. The topological polar surface area (TPSA) is 55.1 Å². The molecule has 1 N–H and O–H groups in total. The van der Waals surface area contributed by atoms with Gasteiger partial charge in [0, 0.05) is 25.0 Å². The zero-order valence-corrected chi connectivity index (χ0v) is 14.6. The molecular weight excluding hydrogens is 374 g/mol. The number of aromatic nitrogens is 4. The van der Waals surface area contributed by atoms with E-state index in [1.54, 1.807) is 12.4 Å². The van der Waals surface area contributed by atoms with Gasteiger partial charge in [0.15, 0.2) is 5.65 Å². The molecule has 3 aromatic heterocycles. The van der Waals surface area contributed by atoms with Crippen molar-refractivity contribution < 1.29 is 0 Å². The summed E-state index contributed by atoms with van der Waals surface area (Å²) in [7, 11) is 0. The van der Waals surface area contributed by atoms with Crippen molar-refractivity contribution in [1.29, 1.82) is 0 Å². The summed E-state index contributed by atoms with van der Waals surface area (Å²) < 4.78 is 2.73. The maximum Gasteiger partial charge on any atom is 0.171 e. The molecule has 1 unspecified atom stereocenters. The number of thioether (sulfide) groups is 1. The molecule has 116 valence electrons. The van der Waals surface area contributed by atoms with Crippen molar-refractivity contribution >= 4 is 39.2 Å². The van der Waals surface area contributed by atoms with Crippen LogP contribution < -0.4 is 5.32 Å². The predicted octanol–water partition coefficient (Wildman–Crippen LogP) is 4.19. The standard InChI is InChI=1S/C16H14BrN5S/c17-12-10-20-22-15(19-9-11-3-1-5-18-8-11)7-13(21-16(12)22)14-4-2-6-23-14/h1-3,5-8,10,14,19H,4,9H2. The minimum absolute atomic E-state index is 0.376. The van der Waals surface area contributed by atoms with Crippen LogP contribution in [0.3, 0.4) is 0 Å². The molecule has 0 aliphatic carbocycles. The van der Waals surface area contributed by atoms with Gasteiger partial charge in [-0.1, -0.05) is 12.1 Å². The lowest BCUT2D eigenvalue weighted by Crippen LogP contribution is -2.08. The first-order chi connectivity index (χ1) is 11.3. The van der Waals surface area contributed by atoms with Crippen LogP contribution in [0.25, 0.3) is 5.65 Å². The molecule has 0 bridgehead atoms. The Morgan fingerprint density at radius 2 is 2.35 bits per heavy atom. The summed E-state index contributed by atoms with van der Waals surface area (Å²) in [5, 5.41) is 10.4. The highest BCUT2D eigenvalue weighted by molar-refractivity contribution is 9.10. The molecule has 0 radical (unpaired) electrons. The van der Waals surface area contributed by atoms with Crippen LogP contribution in [-0.4, -0.2) is 19.6 Å². The smallest absolute Gasteiger partial charge is 0.171 e. The van der Waals surface area contributed by atoms with Crippen LogP contribution in [0.4, 0.5) is 5.82 Å². The summed E-state index contributed by atoms with van der Waals surface area (Å²) in [5.41, 5.74) is 3.04. The van der Waals surface area contributed by atoms with Gasteiger partial charge in [-0.3, -0.25) is 4.98 Å². The Kier molecular flexibility index (Phi) is 4.05. The third-order valence-electron chi connectivity index (χ3n) is 3.66. The summed E-state index contributed by atoms with van der Waals surface area (Å²) in [6.45, 7) is 0.694. The van der Waals surface area contributed by atoms with Crippen LogP contribution in [0.2, 0.25) is 0 Å². The number of fused-ring (bicyclic) bond motifs is 1. The van der Waals surface area contributed by atoms with E-state index in [1.165, 1.54) is 0 Å². The van der Waals surface area contributed by atoms with E-state index in [0.717, 1.165) is 33.6 Å². The molecule has 0 fully saturated rings. The van der Waals surface area contributed by atoms with Crippen LogP contribution in [0.15, 0.2) is 52.7 Å². The molecular formula is C16H14BrN5S. The van der Waals surface area contributed by atoms with Crippen molar-refractivity contribution in [2.75, 3.05) is 5.32 Å². The lowest BCUT2D eigenvalue weighted by molar-refractivity contribution is 0.878. The first-order valence-corrected chi connectivity index (χ1v) is 9.02. The zero-order valence-electron chi connectivity index (χ0n) is 12.2. The van der Waals surface area contributed by atoms with E-state index >= 15 is 0 Å². The molecule has 0 aromatic carbocycles. The van der Waals surface area contributed by atoms with Gasteiger partial charge >= 0.3 is 0 Å². The quantitative estimate of drug-likeness (QED) is 0.727. The van der Waals surface area contributed by atoms with Crippen LogP contribution in [0.5, 0.6) is 0 Å². The van der Waals surface area contributed by atoms with Gasteiger partial charge in [0.1, 0.15) is 5.82 Å². The fourth-order valence-corrected chi connectivity index (χ4v) is 3.76.